The molecule has 6 nitrogen and oxygen atoms in total. The summed E-state index contributed by atoms with van der Waals surface area (Å²) in [5.41, 5.74) is 11.6. The molecule has 0 amide bonds. The van der Waals surface area contributed by atoms with Crippen molar-refractivity contribution in [3.8, 4) is 11.5 Å². The Hall–Kier alpha value is -1.31. The fraction of sp³-hybridized carbons (Fsp3) is 0.400. The predicted molar refractivity (Wildman–Crippen MR) is 63.8 cm³/mol. The van der Waals surface area contributed by atoms with E-state index in [4.69, 9.17) is 20.9 Å². The highest BCUT2D eigenvalue weighted by Crippen LogP contribution is 2.33. The lowest BCUT2D eigenvalue weighted by atomic mass is 10.1. The standard InChI is InChI=1S/C10H16N2O4S/c1-15-7-5-9(17(3,13)14)8(16-2)4-6(7)10(11)12/h4-5,10H,11-12H2,1-3H3. The van der Waals surface area contributed by atoms with E-state index in [2.05, 4.69) is 0 Å². The van der Waals surface area contributed by atoms with Crippen LogP contribution in [0.4, 0.5) is 0 Å². The van der Waals surface area contributed by atoms with Crippen LogP contribution < -0.4 is 20.9 Å². The molecule has 0 aliphatic heterocycles. The molecular formula is C10H16N2O4S. The summed E-state index contributed by atoms with van der Waals surface area (Å²) in [5.74, 6) is 0.519. The van der Waals surface area contributed by atoms with E-state index in [1.54, 1.807) is 0 Å². The van der Waals surface area contributed by atoms with Crippen LogP contribution in [0.1, 0.15) is 11.7 Å². The minimum atomic E-state index is -3.41. The van der Waals surface area contributed by atoms with Gasteiger partial charge in [-0.3, -0.25) is 0 Å². The van der Waals surface area contributed by atoms with Crippen LogP contribution in [0.25, 0.3) is 0 Å². The minimum absolute atomic E-state index is 0.0428. The van der Waals surface area contributed by atoms with Gasteiger partial charge in [-0.1, -0.05) is 0 Å². The number of hydrogen-bond acceptors (Lipinski definition) is 6. The van der Waals surface area contributed by atoms with E-state index in [-0.39, 0.29) is 10.6 Å². The van der Waals surface area contributed by atoms with Crippen LogP contribution >= 0.6 is 0 Å². The first-order valence-corrected chi connectivity index (χ1v) is 6.67. The Morgan fingerprint density at radius 2 is 1.65 bits per heavy atom. The van der Waals surface area contributed by atoms with Crippen molar-refractivity contribution in [3.63, 3.8) is 0 Å². The number of hydrogen-bond donors (Lipinski definition) is 2. The lowest BCUT2D eigenvalue weighted by molar-refractivity contribution is 0.386. The zero-order valence-corrected chi connectivity index (χ0v) is 10.7. The number of ether oxygens (including phenoxy) is 2. The number of rotatable bonds is 4. The fourth-order valence-electron chi connectivity index (χ4n) is 1.44. The quantitative estimate of drug-likeness (QED) is 0.740. The SMILES string of the molecule is COc1cc(S(C)(=O)=O)c(OC)cc1C(N)N. The number of benzene rings is 1. The van der Waals surface area contributed by atoms with Crippen molar-refractivity contribution in [2.24, 2.45) is 11.5 Å². The first-order chi connectivity index (χ1) is 7.81. The van der Waals surface area contributed by atoms with Crippen LogP contribution in [-0.4, -0.2) is 28.9 Å². The maximum atomic E-state index is 11.6. The van der Waals surface area contributed by atoms with Gasteiger partial charge < -0.3 is 20.9 Å². The van der Waals surface area contributed by atoms with Crippen molar-refractivity contribution in [1.29, 1.82) is 0 Å². The van der Waals surface area contributed by atoms with E-state index in [9.17, 15) is 8.42 Å². The summed E-state index contributed by atoms with van der Waals surface area (Å²) in [6.45, 7) is 0. The summed E-state index contributed by atoms with van der Waals surface area (Å²) >= 11 is 0. The van der Waals surface area contributed by atoms with E-state index in [0.29, 0.717) is 11.3 Å². The van der Waals surface area contributed by atoms with Gasteiger partial charge in [0.25, 0.3) is 0 Å². The molecule has 1 rings (SSSR count). The topological polar surface area (TPSA) is 105 Å². The molecular weight excluding hydrogens is 244 g/mol. The van der Waals surface area contributed by atoms with Crippen LogP contribution in [0.2, 0.25) is 0 Å². The second-order valence-electron chi connectivity index (χ2n) is 3.54. The van der Waals surface area contributed by atoms with Crippen LogP contribution in [0.15, 0.2) is 17.0 Å². The molecule has 4 N–H and O–H groups in total. The van der Waals surface area contributed by atoms with Gasteiger partial charge in [-0.15, -0.1) is 0 Å². The predicted octanol–water partition coefficient (Wildman–Crippen LogP) is 0.0233. The molecule has 0 heterocycles. The zero-order chi connectivity index (χ0) is 13.2. The number of nitrogens with two attached hydrogens (primary N) is 2. The molecule has 0 bridgehead atoms. The Labute approximate surface area is 100 Å². The van der Waals surface area contributed by atoms with Gasteiger partial charge in [0.1, 0.15) is 16.4 Å². The molecule has 1 aromatic rings. The summed E-state index contributed by atoms with van der Waals surface area (Å²) in [7, 11) is -0.614. The third-order valence-electron chi connectivity index (χ3n) is 2.27. The highest BCUT2D eigenvalue weighted by atomic mass is 32.2. The Bertz CT molecular complexity index is 511. The molecule has 0 aliphatic carbocycles. The van der Waals surface area contributed by atoms with Gasteiger partial charge in [0.15, 0.2) is 9.84 Å². The maximum absolute atomic E-state index is 11.6. The lowest BCUT2D eigenvalue weighted by Crippen LogP contribution is -2.21. The molecule has 0 saturated carbocycles. The van der Waals surface area contributed by atoms with Gasteiger partial charge in [-0.05, 0) is 6.07 Å². The van der Waals surface area contributed by atoms with Crippen molar-refractivity contribution >= 4 is 9.84 Å². The molecule has 17 heavy (non-hydrogen) atoms. The normalized spacial score (nSPS) is 11.6. The molecule has 0 aliphatic rings. The van der Waals surface area contributed by atoms with Crippen LogP contribution in [0, 0.1) is 0 Å². The molecule has 0 aromatic heterocycles. The van der Waals surface area contributed by atoms with Crippen LogP contribution in [-0.2, 0) is 9.84 Å². The van der Waals surface area contributed by atoms with Gasteiger partial charge >= 0.3 is 0 Å². The summed E-state index contributed by atoms with van der Waals surface area (Å²) < 4.78 is 33.2. The maximum Gasteiger partial charge on any atom is 0.179 e. The van der Waals surface area contributed by atoms with Gasteiger partial charge in [0.2, 0.25) is 0 Å². The molecule has 0 spiro atoms. The Morgan fingerprint density at radius 1 is 1.12 bits per heavy atom. The smallest absolute Gasteiger partial charge is 0.179 e. The molecule has 7 heteroatoms. The summed E-state index contributed by atoms with van der Waals surface area (Å²) in [5, 5.41) is 0. The average molecular weight is 260 g/mol. The van der Waals surface area contributed by atoms with E-state index < -0.39 is 16.0 Å². The second kappa shape index (κ2) is 4.91. The summed E-state index contributed by atoms with van der Waals surface area (Å²) in [6.07, 6.45) is 0.319. The molecule has 0 radical (unpaired) electrons. The largest absolute Gasteiger partial charge is 0.496 e. The van der Waals surface area contributed by atoms with Crippen molar-refractivity contribution in [2.75, 3.05) is 20.5 Å². The van der Waals surface area contributed by atoms with Crippen molar-refractivity contribution < 1.29 is 17.9 Å². The van der Waals surface area contributed by atoms with Gasteiger partial charge in [0.05, 0.1) is 20.4 Å². The van der Waals surface area contributed by atoms with E-state index >= 15 is 0 Å². The molecule has 0 fully saturated rings. The van der Waals surface area contributed by atoms with Crippen molar-refractivity contribution in [2.45, 2.75) is 11.1 Å². The fourth-order valence-corrected chi connectivity index (χ4v) is 2.27. The van der Waals surface area contributed by atoms with Crippen molar-refractivity contribution in [3.05, 3.63) is 17.7 Å². The average Bonchev–Trinajstić information content (AvgIpc) is 2.25. The zero-order valence-electron chi connectivity index (χ0n) is 9.93. The van der Waals surface area contributed by atoms with E-state index in [0.717, 1.165) is 6.26 Å². The monoisotopic (exact) mass is 260 g/mol. The van der Waals surface area contributed by atoms with E-state index in [1.165, 1.54) is 26.4 Å². The highest BCUT2D eigenvalue weighted by Gasteiger charge is 2.20. The molecule has 0 saturated heterocycles. The van der Waals surface area contributed by atoms with Crippen molar-refractivity contribution in [1.82, 2.24) is 0 Å². The van der Waals surface area contributed by atoms with Gasteiger partial charge in [-0.2, -0.15) is 0 Å². The molecule has 0 unspecified atom stereocenters. The second-order valence-corrected chi connectivity index (χ2v) is 5.53. The number of sulfone groups is 1. The first kappa shape index (κ1) is 13.8. The van der Waals surface area contributed by atoms with E-state index in [1.807, 2.05) is 0 Å². The third kappa shape index (κ3) is 2.87. The van der Waals surface area contributed by atoms with Gasteiger partial charge in [-0.25, -0.2) is 8.42 Å². The lowest BCUT2D eigenvalue weighted by Gasteiger charge is -2.15. The molecule has 0 atom stereocenters. The molecule has 96 valence electrons. The van der Waals surface area contributed by atoms with Crippen LogP contribution in [0.3, 0.4) is 0 Å². The Morgan fingerprint density at radius 3 is 2.00 bits per heavy atom. The summed E-state index contributed by atoms with van der Waals surface area (Å²) in [4.78, 5) is 0.0428. The third-order valence-corrected chi connectivity index (χ3v) is 3.39. The highest BCUT2D eigenvalue weighted by molar-refractivity contribution is 7.90. The number of methoxy groups -OCH3 is 2. The van der Waals surface area contributed by atoms with Crippen LogP contribution in [0.5, 0.6) is 11.5 Å². The Balaban J connectivity index is 3.55. The first-order valence-electron chi connectivity index (χ1n) is 4.78. The Kier molecular flexibility index (Phi) is 3.97. The summed E-state index contributed by atoms with van der Waals surface area (Å²) in [6, 6.07) is 2.83. The molecule has 1 aromatic carbocycles. The van der Waals surface area contributed by atoms with Gasteiger partial charge in [0, 0.05) is 17.9 Å². The minimum Gasteiger partial charge on any atom is -0.496 e.